The van der Waals surface area contributed by atoms with E-state index in [1.54, 1.807) is 6.92 Å². The maximum atomic E-state index is 11.7. The van der Waals surface area contributed by atoms with E-state index in [1.807, 2.05) is 0 Å². The minimum Gasteiger partial charge on any atom is -0.450 e. The minimum absolute atomic E-state index is 0.0830. The molecule has 0 rings (SSSR count). The van der Waals surface area contributed by atoms with Gasteiger partial charge in [0.1, 0.15) is 15.9 Å². The van der Waals surface area contributed by atoms with E-state index in [2.05, 4.69) is 10.1 Å². The SMILES string of the molecule is CCOC(=O)NC(CS(C)(=O)=O)C(=O)N(C)C#N. The van der Waals surface area contributed by atoms with Crippen molar-refractivity contribution >= 4 is 21.8 Å². The van der Waals surface area contributed by atoms with Crippen LogP contribution >= 0.6 is 0 Å². The smallest absolute Gasteiger partial charge is 0.407 e. The number of alkyl carbamates (subject to hydrolysis) is 1. The van der Waals surface area contributed by atoms with Gasteiger partial charge in [-0.2, -0.15) is 5.26 Å². The van der Waals surface area contributed by atoms with Crippen LogP contribution in [0, 0.1) is 11.5 Å². The summed E-state index contributed by atoms with van der Waals surface area (Å²) in [6.07, 6.45) is 1.54. The molecule has 0 radical (unpaired) electrons. The molecule has 18 heavy (non-hydrogen) atoms. The Labute approximate surface area is 105 Å². The van der Waals surface area contributed by atoms with E-state index >= 15 is 0 Å². The van der Waals surface area contributed by atoms with Gasteiger partial charge < -0.3 is 10.1 Å². The Morgan fingerprint density at radius 1 is 1.50 bits per heavy atom. The summed E-state index contributed by atoms with van der Waals surface area (Å²) in [6, 6.07) is -1.34. The number of rotatable bonds is 5. The number of nitriles is 1. The number of nitrogens with one attached hydrogen (secondary N) is 1. The van der Waals surface area contributed by atoms with Gasteiger partial charge in [-0.3, -0.25) is 9.69 Å². The van der Waals surface area contributed by atoms with Crippen LogP contribution in [0.25, 0.3) is 0 Å². The van der Waals surface area contributed by atoms with Gasteiger partial charge in [0.25, 0.3) is 5.91 Å². The van der Waals surface area contributed by atoms with E-state index < -0.39 is 33.6 Å². The van der Waals surface area contributed by atoms with E-state index in [-0.39, 0.29) is 6.61 Å². The van der Waals surface area contributed by atoms with Gasteiger partial charge in [0.15, 0.2) is 6.19 Å². The summed E-state index contributed by atoms with van der Waals surface area (Å²) in [4.78, 5) is 23.5. The van der Waals surface area contributed by atoms with Gasteiger partial charge in [-0.1, -0.05) is 0 Å². The summed E-state index contributed by atoms with van der Waals surface area (Å²) in [7, 11) is -2.33. The van der Waals surface area contributed by atoms with Gasteiger partial charge in [-0.15, -0.1) is 0 Å². The van der Waals surface area contributed by atoms with Crippen LogP contribution in [0.3, 0.4) is 0 Å². The highest BCUT2D eigenvalue weighted by molar-refractivity contribution is 7.90. The van der Waals surface area contributed by atoms with Gasteiger partial charge in [0.05, 0.1) is 12.4 Å². The molecule has 0 aromatic heterocycles. The third-order valence-electron chi connectivity index (χ3n) is 1.82. The fourth-order valence-electron chi connectivity index (χ4n) is 1.08. The lowest BCUT2D eigenvalue weighted by Gasteiger charge is -2.18. The number of sulfone groups is 1. The molecule has 1 N–H and O–H groups in total. The summed E-state index contributed by atoms with van der Waals surface area (Å²) in [6.45, 7) is 1.65. The Kier molecular flexibility index (Phi) is 6.12. The highest BCUT2D eigenvalue weighted by Crippen LogP contribution is 1.98. The third-order valence-corrected chi connectivity index (χ3v) is 2.75. The van der Waals surface area contributed by atoms with Crippen molar-refractivity contribution in [1.82, 2.24) is 10.2 Å². The van der Waals surface area contributed by atoms with Gasteiger partial charge in [-0.05, 0) is 6.92 Å². The molecule has 0 aromatic carbocycles. The van der Waals surface area contributed by atoms with Crippen molar-refractivity contribution in [2.24, 2.45) is 0 Å². The zero-order chi connectivity index (χ0) is 14.3. The van der Waals surface area contributed by atoms with Gasteiger partial charge >= 0.3 is 6.09 Å². The first-order chi connectivity index (χ1) is 8.21. The first-order valence-electron chi connectivity index (χ1n) is 4.99. The van der Waals surface area contributed by atoms with Crippen molar-refractivity contribution in [3.63, 3.8) is 0 Å². The molecule has 0 aliphatic rings. The van der Waals surface area contributed by atoms with E-state index in [4.69, 9.17) is 5.26 Å². The summed E-state index contributed by atoms with van der Waals surface area (Å²) in [5.41, 5.74) is 0. The molecule has 0 aliphatic heterocycles. The quantitative estimate of drug-likeness (QED) is 0.513. The Balaban J connectivity index is 4.90. The van der Waals surface area contributed by atoms with Crippen molar-refractivity contribution in [2.45, 2.75) is 13.0 Å². The van der Waals surface area contributed by atoms with Crippen LogP contribution < -0.4 is 5.32 Å². The van der Waals surface area contributed by atoms with Crippen LogP contribution in [0.1, 0.15) is 6.92 Å². The second kappa shape index (κ2) is 6.80. The van der Waals surface area contributed by atoms with E-state index in [9.17, 15) is 18.0 Å². The summed E-state index contributed by atoms with van der Waals surface area (Å²) < 4.78 is 26.9. The third kappa shape index (κ3) is 6.05. The standard InChI is InChI=1S/C9H15N3O5S/c1-4-17-9(14)11-7(5-18(3,15)16)8(13)12(2)6-10/h7H,4-5H2,1-3H3,(H,11,14). The molecule has 0 heterocycles. The molecule has 0 saturated heterocycles. The molecule has 1 unspecified atom stereocenters. The van der Waals surface area contributed by atoms with Crippen LogP contribution in [0.2, 0.25) is 0 Å². The highest BCUT2D eigenvalue weighted by atomic mass is 32.2. The molecule has 8 nitrogen and oxygen atoms in total. The number of likely N-dealkylation sites (N-methyl/N-ethyl adjacent to an activating group) is 1. The number of hydrogen-bond acceptors (Lipinski definition) is 6. The number of carbonyl (C=O) groups is 2. The maximum absolute atomic E-state index is 11.7. The molecular formula is C9H15N3O5S. The molecule has 0 spiro atoms. The fourth-order valence-corrected chi connectivity index (χ4v) is 1.91. The normalized spacial score (nSPS) is 12.1. The zero-order valence-electron chi connectivity index (χ0n) is 10.3. The molecular weight excluding hydrogens is 262 g/mol. The lowest BCUT2D eigenvalue weighted by Crippen LogP contribution is -2.49. The molecule has 0 bridgehead atoms. The molecule has 0 fully saturated rings. The predicted molar refractivity (Wildman–Crippen MR) is 62.0 cm³/mol. The number of hydrogen-bond donors (Lipinski definition) is 1. The first kappa shape index (κ1) is 16.2. The van der Waals surface area contributed by atoms with E-state index in [0.717, 1.165) is 6.26 Å². The van der Waals surface area contributed by atoms with Crippen molar-refractivity contribution in [3.8, 4) is 6.19 Å². The number of nitrogens with zero attached hydrogens (tertiary/aromatic N) is 2. The molecule has 1 atom stereocenters. The van der Waals surface area contributed by atoms with E-state index in [1.165, 1.54) is 13.2 Å². The van der Waals surface area contributed by atoms with Crippen LogP contribution in [-0.2, 0) is 19.4 Å². The van der Waals surface area contributed by atoms with Crippen molar-refractivity contribution in [2.75, 3.05) is 25.7 Å². The minimum atomic E-state index is -3.50. The molecule has 2 amide bonds. The monoisotopic (exact) mass is 277 g/mol. The number of ether oxygens (including phenoxy) is 1. The summed E-state index contributed by atoms with van der Waals surface area (Å²) in [5.74, 6) is -1.42. The Hall–Kier alpha value is -1.82. The average Bonchev–Trinajstić information content (AvgIpc) is 2.24. The fraction of sp³-hybridized carbons (Fsp3) is 0.667. The molecule has 102 valence electrons. The lowest BCUT2D eigenvalue weighted by atomic mass is 10.3. The zero-order valence-corrected chi connectivity index (χ0v) is 11.2. The lowest BCUT2D eigenvalue weighted by molar-refractivity contribution is -0.128. The Morgan fingerprint density at radius 3 is 2.44 bits per heavy atom. The Bertz CT molecular complexity index is 453. The number of carbonyl (C=O) groups excluding carboxylic acids is 2. The van der Waals surface area contributed by atoms with Crippen molar-refractivity contribution in [3.05, 3.63) is 0 Å². The van der Waals surface area contributed by atoms with Gasteiger partial charge in [0, 0.05) is 13.3 Å². The van der Waals surface area contributed by atoms with Crippen molar-refractivity contribution in [1.29, 1.82) is 5.26 Å². The number of amides is 2. The molecule has 9 heteroatoms. The van der Waals surface area contributed by atoms with Crippen molar-refractivity contribution < 1.29 is 22.7 Å². The van der Waals surface area contributed by atoms with E-state index in [0.29, 0.717) is 4.90 Å². The average molecular weight is 277 g/mol. The second-order valence-electron chi connectivity index (χ2n) is 3.51. The topological polar surface area (TPSA) is 117 Å². The largest absolute Gasteiger partial charge is 0.450 e. The molecule has 0 saturated carbocycles. The molecule has 0 aromatic rings. The van der Waals surface area contributed by atoms with Crippen LogP contribution in [-0.4, -0.2) is 57.0 Å². The highest BCUT2D eigenvalue weighted by Gasteiger charge is 2.28. The first-order valence-corrected chi connectivity index (χ1v) is 7.05. The van der Waals surface area contributed by atoms with Gasteiger partial charge in [0.2, 0.25) is 0 Å². The Morgan fingerprint density at radius 2 is 2.06 bits per heavy atom. The van der Waals surface area contributed by atoms with Gasteiger partial charge in [-0.25, -0.2) is 13.2 Å². The predicted octanol–water partition coefficient (Wildman–Crippen LogP) is -0.915. The summed E-state index contributed by atoms with van der Waals surface area (Å²) in [5, 5.41) is 10.7. The van der Waals surface area contributed by atoms with Crippen LogP contribution in [0.4, 0.5) is 4.79 Å². The van der Waals surface area contributed by atoms with Crippen LogP contribution in [0.5, 0.6) is 0 Å². The molecule has 0 aliphatic carbocycles. The second-order valence-corrected chi connectivity index (χ2v) is 5.69. The maximum Gasteiger partial charge on any atom is 0.407 e. The van der Waals surface area contributed by atoms with Crippen LogP contribution in [0.15, 0.2) is 0 Å². The summed E-state index contributed by atoms with van der Waals surface area (Å²) >= 11 is 0.